The number of hydrogen-bond donors (Lipinski definition) is 8. The van der Waals surface area contributed by atoms with Crippen LogP contribution in [-0.2, 0) is 10.8 Å². The van der Waals surface area contributed by atoms with Crippen LogP contribution in [0.4, 0.5) is 75.4 Å². The van der Waals surface area contributed by atoms with Crippen LogP contribution in [0.15, 0.2) is 146 Å². The molecule has 79 heavy (non-hydrogen) atoms. The first-order valence-corrected chi connectivity index (χ1v) is 22.3. The van der Waals surface area contributed by atoms with E-state index in [4.69, 9.17) is 11.8 Å². The molecule has 25 heteroatoms. The average molecular weight is 1110 g/mol. The zero-order valence-electron chi connectivity index (χ0n) is 39.8. The molecule has 0 fully saturated rings. The van der Waals surface area contributed by atoms with Crippen molar-refractivity contribution in [1.29, 1.82) is 0 Å². The van der Waals surface area contributed by atoms with Gasteiger partial charge in [0.05, 0.1) is 29.8 Å². The number of phenolic OH excluding ortho intramolecular Hbond substituents is 4. The van der Waals surface area contributed by atoms with E-state index in [1.54, 1.807) is 5.32 Å². The summed E-state index contributed by atoms with van der Waals surface area (Å²) in [5, 5.41) is 49.4. The van der Waals surface area contributed by atoms with Crippen LogP contribution < -0.4 is 26.0 Å². The molecule has 0 bridgehead atoms. The highest BCUT2D eigenvalue weighted by atomic mass is 19.4. The minimum absolute atomic E-state index is 0.125. The molecule has 0 unspecified atom stereocenters. The molecule has 0 aliphatic rings. The standard InChI is InChI=1S/C54H36F12N4O9/c1-27(71)28-6-14-36(15-7-28)79-37-16-8-29(9-17-37)46(76)68-39-24-34(12-19-43(39)73)50(53(61,62)63,54(64,65)66)35-13-21-45(75)41(26-35)70-48(78)31-5-3-4-30(22-31)47(77)69-40-25-33(11-20-44(40)74)49(51(55,56)57,52(58,59)60)32-10-18-42(72)38(23-32)67-2/h2-26,67,72-75H,1H3,(H,68,76)(H,69,77)(H,70,78). The van der Waals surface area contributed by atoms with Crippen LogP contribution >= 0.6 is 0 Å². The fourth-order valence-electron chi connectivity index (χ4n) is 8.41. The van der Waals surface area contributed by atoms with Crippen LogP contribution in [0, 0.1) is 7.05 Å². The maximum absolute atomic E-state index is 15.4. The number of phenols is 4. The van der Waals surface area contributed by atoms with Gasteiger partial charge in [-0.15, -0.1) is 0 Å². The molecule has 7 aromatic carbocycles. The number of benzene rings is 7. The molecule has 0 aliphatic carbocycles. The Morgan fingerprint density at radius 1 is 0.392 bits per heavy atom. The van der Waals surface area contributed by atoms with E-state index in [9.17, 15) is 65.9 Å². The number of amides is 3. The SMILES string of the molecule is [CH]Nc1cc(C(c2ccc(O)c(NC(=O)c3cccc(C(=O)Nc4cc(C(c5ccc(O)c(NC(=O)c6ccc(Oc7ccc(C(C)=O)cc7)cc6)c5)(C(F)(F)F)C(F)(F)F)ccc4O)c3)c2)(C(F)(F)F)C(F)(F)F)ccc1O. The van der Waals surface area contributed by atoms with Gasteiger partial charge in [-0.25, -0.2) is 0 Å². The summed E-state index contributed by atoms with van der Waals surface area (Å²) < 4.78 is 188. The van der Waals surface area contributed by atoms with E-state index in [1.807, 2.05) is 10.6 Å². The highest BCUT2D eigenvalue weighted by molar-refractivity contribution is 6.09. The maximum Gasteiger partial charge on any atom is 0.411 e. The predicted octanol–water partition coefficient (Wildman–Crippen LogP) is 13.2. The molecule has 0 aromatic heterocycles. The van der Waals surface area contributed by atoms with E-state index in [0.717, 1.165) is 18.2 Å². The molecule has 0 heterocycles. The molecule has 410 valence electrons. The molecule has 0 saturated heterocycles. The second-order valence-electron chi connectivity index (χ2n) is 17.2. The van der Waals surface area contributed by atoms with E-state index in [0.29, 0.717) is 47.7 Å². The van der Waals surface area contributed by atoms with Crippen molar-refractivity contribution < 1.29 is 97.0 Å². The molecule has 0 aliphatic heterocycles. The number of ketones is 1. The molecule has 0 atom stereocenters. The normalized spacial score (nSPS) is 12.3. The average Bonchev–Trinajstić information content (AvgIpc) is 3.57. The van der Waals surface area contributed by atoms with Crippen molar-refractivity contribution in [2.24, 2.45) is 0 Å². The highest BCUT2D eigenvalue weighted by Crippen LogP contribution is 2.59. The third kappa shape index (κ3) is 11.0. The number of anilines is 4. The van der Waals surface area contributed by atoms with Crippen LogP contribution in [0.5, 0.6) is 34.5 Å². The van der Waals surface area contributed by atoms with Crippen molar-refractivity contribution in [2.45, 2.75) is 42.5 Å². The first kappa shape index (κ1) is 57.3. The number of carbonyl (C=O) groups excluding carboxylic acids is 4. The smallest absolute Gasteiger partial charge is 0.411 e. The lowest BCUT2D eigenvalue weighted by Crippen LogP contribution is -2.54. The first-order chi connectivity index (χ1) is 36.8. The Morgan fingerprint density at radius 2 is 0.684 bits per heavy atom. The summed E-state index contributed by atoms with van der Waals surface area (Å²) >= 11 is 0. The first-order valence-electron chi connectivity index (χ1n) is 22.3. The van der Waals surface area contributed by atoms with Gasteiger partial charge < -0.3 is 46.4 Å². The quantitative estimate of drug-likeness (QED) is 0.0224. The number of alkyl halides is 12. The minimum Gasteiger partial charge on any atom is -0.506 e. The molecule has 8 N–H and O–H groups in total. The van der Waals surface area contributed by atoms with E-state index in [1.165, 1.54) is 55.5 Å². The third-order valence-corrected chi connectivity index (χ3v) is 12.3. The Bertz CT molecular complexity index is 3460. The lowest BCUT2D eigenvalue weighted by atomic mass is 9.72. The minimum atomic E-state index is -6.32. The molecule has 2 radical (unpaired) electrons. The fraction of sp³-hybridized carbons (Fsp3) is 0.130. The Kier molecular flexibility index (Phi) is 15.4. The lowest BCUT2D eigenvalue weighted by Gasteiger charge is -2.38. The molecule has 7 rings (SSSR count). The number of aromatic hydroxyl groups is 4. The van der Waals surface area contributed by atoms with Crippen molar-refractivity contribution in [3.8, 4) is 34.5 Å². The van der Waals surface area contributed by atoms with Gasteiger partial charge in [0, 0.05) is 22.3 Å². The molecular weight excluding hydrogens is 1080 g/mol. The third-order valence-electron chi connectivity index (χ3n) is 12.3. The van der Waals surface area contributed by atoms with Gasteiger partial charge in [-0.2, -0.15) is 52.7 Å². The second kappa shape index (κ2) is 21.2. The van der Waals surface area contributed by atoms with Gasteiger partial charge in [-0.05, 0) is 144 Å². The van der Waals surface area contributed by atoms with Gasteiger partial charge in [0.1, 0.15) is 34.5 Å². The van der Waals surface area contributed by atoms with E-state index < -0.39 is 132 Å². The predicted molar refractivity (Wildman–Crippen MR) is 259 cm³/mol. The van der Waals surface area contributed by atoms with Crippen molar-refractivity contribution >= 4 is 46.3 Å². The summed E-state index contributed by atoms with van der Waals surface area (Å²) in [6, 6.07) is 18.1. The number of carbonyl (C=O) groups is 4. The number of Topliss-reactive ketones (excluding diaryl/α,β-unsaturated/α-hetero) is 1. The van der Waals surface area contributed by atoms with Gasteiger partial charge in [-0.3, -0.25) is 19.2 Å². The zero-order chi connectivity index (χ0) is 58.2. The fourth-order valence-corrected chi connectivity index (χ4v) is 8.41. The van der Waals surface area contributed by atoms with Crippen molar-refractivity contribution in [1.82, 2.24) is 0 Å². The number of hydrogen-bond acceptors (Lipinski definition) is 10. The van der Waals surface area contributed by atoms with Gasteiger partial charge in [0.25, 0.3) is 17.7 Å². The van der Waals surface area contributed by atoms with Crippen LogP contribution in [0.2, 0.25) is 0 Å². The summed E-state index contributed by atoms with van der Waals surface area (Å²) in [4.78, 5) is 51.9. The summed E-state index contributed by atoms with van der Waals surface area (Å²) in [6.07, 6.45) is -25.1. The van der Waals surface area contributed by atoms with Gasteiger partial charge in [0.15, 0.2) is 5.78 Å². The number of nitrogens with one attached hydrogen (secondary N) is 4. The maximum atomic E-state index is 15.4. The highest BCUT2D eigenvalue weighted by Gasteiger charge is 2.74. The van der Waals surface area contributed by atoms with Gasteiger partial charge in [-0.1, -0.05) is 30.3 Å². The van der Waals surface area contributed by atoms with Crippen molar-refractivity contribution in [2.75, 3.05) is 21.3 Å². The monoisotopic (exact) mass is 1110 g/mol. The Morgan fingerprint density at radius 3 is 0.987 bits per heavy atom. The lowest BCUT2D eigenvalue weighted by molar-refractivity contribution is -0.290. The summed E-state index contributed by atoms with van der Waals surface area (Å²) in [5.41, 5.74) is -21.2. The summed E-state index contributed by atoms with van der Waals surface area (Å²) in [5.74, 6) is -7.64. The van der Waals surface area contributed by atoms with Crippen LogP contribution in [0.1, 0.15) is 70.6 Å². The molecule has 13 nitrogen and oxygen atoms in total. The molecule has 0 saturated carbocycles. The Hall–Kier alpha value is -9.42. The van der Waals surface area contributed by atoms with E-state index in [-0.39, 0.29) is 59.6 Å². The largest absolute Gasteiger partial charge is 0.506 e. The van der Waals surface area contributed by atoms with E-state index >= 15 is 26.3 Å². The van der Waals surface area contributed by atoms with Gasteiger partial charge in [0.2, 0.25) is 10.8 Å². The number of halogens is 12. The molecule has 7 aromatic rings. The zero-order valence-corrected chi connectivity index (χ0v) is 39.8. The second-order valence-corrected chi connectivity index (χ2v) is 17.2. The van der Waals surface area contributed by atoms with Crippen molar-refractivity contribution in [3.63, 3.8) is 0 Å². The molecule has 0 spiro atoms. The van der Waals surface area contributed by atoms with Gasteiger partial charge >= 0.3 is 24.7 Å². The molecular formula is C54H36F12N4O9. The Balaban J connectivity index is 1.16. The number of ether oxygens (including phenoxy) is 1. The van der Waals surface area contributed by atoms with Crippen LogP contribution in [-0.4, -0.2) is 68.6 Å². The van der Waals surface area contributed by atoms with Crippen LogP contribution in [0.3, 0.4) is 0 Å². The topological polar surface area (TPSA) is 207 Å². The van der Waals surface area contributed by atoms with Crippen LogP contribution in [0.25, 0.3) is 0 Å². The Labute approximate surface area is 437 Å². The number of rotatable bonds is 14. The van der Waals surface area contributed by atoms with E-state index in [2.05, 4.69) is 5.32 Å². The summed E-state index contributed by atoms with van der Waals surface area (Å²) in [7, 11) is 5.18. The summed E-state index contributed by atoms with van der Waals surface area (Å²) in [6.45, 7) is 1.36. The molecule has 3 amide bonds. The van der Waals surface area contributed by atoms with Crippen molar-refractivity contribution in [3.05, 3.63) is 197 Å².